The van der Waals surface area contributed by atoms with Gasteiger partial charge in [0.25, 0.3) is 0 Å². The Balaban J connectivity index is 1.94. The number of rotatable bonds is 3. The average molecular weight is 336 g/mol. The highest BCUT2D eigenvalue weighted by Gasteiger charge is 2.64. The van der Waals surface area contributed by atoms with Crippen LogP contribution < -0.4 is 0 Å². The lowest BCUT2D eigenvalue weighted by atomic mass is 9.60. The Morgan fingerprint density at radius 3 is 2.13 bits per heavy atom. The molecule has 0 spiro atoms. The van der Waals surface area contributed by atoms with Crippen molar-refractivity contribution in [2.24, 2.45) is 11.3 Å². The van der Waals surface area contributed by atoms with Crippen LogP contribution in [0.3, 0.4) is 0 Å². The van der Waals surface area contributed by atoms with Crippen LogP contribution in [0, 0.1) is 11.3 Å². The van der Waals surface area contributed by atoms with Gasteiger partial charge < -0.3 is 45.2 Å². The monoisotopic (exact) mass is 336 g/mol. The molecule has 10 atom stereocenters. The molecule has 9 heteroatoms. The van der Waals surface area contributed by atoms with Crippen molar-refractivity contribution >= 4 is 0 Å². The lowest BCUT2D eigenvalue weighted by molar-refractivity contribution is -0.272. The molecule has 0 amide bonds. The van der Waals surface area contributed by atoms with Gasteiger partial charge in [-0.1, -0.05) is 0 Å². The first kappa shape index (κ1) is 17.5. The van der Waals surface area contributed by atoms with Gasteiger partial charge in [-0.15, -0.1) is 0 Å². The predicted octanol–water partition coefficient (Wildman–Crippen LogP) is -4.05. The molecule has 1 aliphatic carbocycles. The summed E-state index contributed by atoms with van der Waals surface area (Å²) in [6.45, 7) is -1.01. The van der Waals surface area contributed by atoms with E-state index in [4.69, 9.17) is 9.47 Å². The Labute approximate surface area is 132 Å². The molecule has 23 heavy (non-hydrogen) atoms. The summed E-state index contributed by atoms with van der Waals surface area (Å²) in [7, 11) is 0. The lowest BCUT2D eigenvalue weighted by Crippen LogP contribution is -2.67. The topological polar surface area (TPSA) is 160 Å². The van der Waals surface area contributed by atoms with Crippen LogP contribution in [0.4, 0.5) is 0 Å². The van der Waals surface area contributed by atoms with Gasteiger partial charge in [-0.05, 0) is 6.42 Å². The second kappa shape index (κ2) is 6.17. The van der Waals surface area contributed by atoms with E-state index in [9.17, 15) is 35.7 Å². The Kier molecular flexibility index (Phi) is 4.69. The van der Waals surface area contributed by atoms with Crippen LogP contribution in [0.15, 0.2) is 0 Å². The third kappa shape index (κ3) is 2.43. The van der Waals surface area contributed by atoms with Crippen molar-refractivity contribution in [2.75, 3.05) is 19.8 Å². The predicted molar refractivity (Wildman–Crippen MR) is 73.1 cm³/mol. The van der Waals surface area contributed by atoms with E-state index in [2.05, 4.69) is 0 Å². The largest absolute Gasteiger partial charge is 0.396 e. The molecule has 0 aromatic carbocycles. The van der Waals surface area contributed by atoms with Gasteiger partial charge >= 0.3 is 0 Å². The van der Waals surface area contributed by atoms with Crippen LogP contribution in [0.25, 0.3) is 0 Å². The summed E-state index contributed by atoms with van der Waals surface area (Å²) in [5.74, 6) is -0.835. The minimum absolute atomic E-state index is 0.0136. The molecule has 2 aliphatic heterocycles. The molecule has 3 fully saturated rings. The Hall–Kier alpha value is -0.360. The van der Waals surface area contributed by atoms with Crippen LogP contribution in [0.2, 0.25) is 0 Å². The van der Waals surface area contributed by atoms with Gasteiger partial charge in [0.2, 0.25) is 0 Å². The average Bonchev–Trinajstić information content (AvgIpc) is 2.94. The summed E-state index contributed by atoms with van der Waals surface area (Å²) in [6, 6.07) is 0. The summed E-state index contributed by atoms with van der Waals surface area (Å²) in [5, 5.41) is 69.5. The zero-order valence-corrected chi connectivity index (χ0v) is 12.5. The number of hydrogen-bond acceptors (Lipinski definition) is 9. The maximum Gasteiger partial charge on any atom is 0.111 e. The van der Waals surface area contributed by atoms with Crippen molar-refractivity contribution in [3.63, 3.8) is 0 Å². The second-order valence-corrected chi connectivity index (χ2v) is 6.81. The molecule has 7 N–H and O–H groups in total. The third-order valence-corrected chi connectivity index (χ3v) is 5.68. The molecule has 134 valence electrons. The summed E-state index contributed by atoms with van der Waals surface area (Å²) in [6.07, 6.45) is -9.51. The van der Waals surface area contributed by atoms with Gasteiger partial charge in [-0.3, -0.25) is 0 Å². The highest BCUT2D eigenvalue weighted by molar-refractivity contribution is 5.12. The molecule has 0 radical (unpaired) electrons. The van der Waals surface area contributed by atoms with E-state index in [0.717, 1.165) is 0 Å². The molecule has 2 bridgehead atoms. The fraction of sp³-hybridized carbons (Fsp3) is 1.00. The van der Waals surface area contributed by atoms with Gasteiger partial charge in [0.1, 0.15) is 30.5 Å². The summed E-state index contributed by atoms with van der Waals surface area (Å²) in [4.78, 5) is 0. The zero-order valence-electron chi connectivity index (χ0n) is 12.5. The van der Waals surface area contributed by atoms with Gasteiger partial charge in [0.15, 0.2) is 0 Å². The molecule has 0 aromatic heterocycles. The summed E-state index contributed by atoms with van der Waals surface area (Å²) >= 11 is 0. The van der Waals surface area contributed by atoms with Gasteiger partial charge in [-0.25, -0.2) is 0 Å². The smallest absolute Gasteiger partial charge is 0.111 e. The molecule has 9 nitrogen and oxygen atoms in total. The van der Waals surface area contributed by atoms with E-state index in [-0.39, 0.29) is 13.0 Å². The van der Waals surface area contributed by atoms with E-state index in [1.165, 1.54) is 0 Å². The maximum absolute atomic E-state index is 10.4. The fourth-order valence-electron chi connectivity index (χ4n) is 4.31. The fourth-order valence-corrected chi connectivity index (χ4v) is 4.31. The van der Waals surface area contributed by atoms with Gasteiger partial charge in [0, 0.05) is 17.9 Å². The van der Waals surface area contributed by atoms with E-state index < -0.39 is 73.4 Å². The minimum Gasteiger partial charge on any atom is -0.396 e. The van der Waals surface area contributed by atoms with E-state index in [1.54, 1.807) is 0 Å². The molecule has 3 rings (SSSR count). The maximum atomic E-state index is 10.4. The molecule has 3 aliphatic rings. The molecule has 10 unspecified atom stereocenters. The Morgan fingerprint density at radius 2 is 1.52 bits per heavy atom. The molecule has 0 aromatic rings. The number of aliphatic hydroxyl groups excluding tert-OH is 7. The Bertz CT molecular complexity index is 432. The van der Waals surface area contributed by atoms with E-state index >= 15 is 0 Å². The van der Waals surface area contributed by atoms with Crippen LogP contribution in [-0.2, 0) is 9.47 Å². The number of ether oxygens (including phenoxy) is 2. The lowest BCUT2D eigenvalue weighted by Gasteiger charge is -2.52. The van der Waals surface area contributed by atoms with Gasteiger partial charge in [0.05, 0.1) is 31.5 Å². The molecule has 1 saturated carbocycles. The van der Waals surface area contributed by atoms with Crippen LogP contribution in [-0.4, -0.2) is 104 Å². The van der Waals surface area contributed by atoms with E-state index in [0.29, 0.717) is 0 Å². The third-order valence-electron chi connectivity index (χ3n) is 5.68. The van der Waals surface area contributed by atoms with Crippen LogP contribution >= 0.6 is 0 Å². The van der Waals surface area contributed by atoms with Gasteiger partial charge in [-0.2, -0.15) is 0 Å². The highest BCUT2D eigenvalue weighted by atomic mass is 16.6. The van der Waals surface area contributed by atoms with Crippen molar-refractivity contribution in [1.29, 1.82) is 0 Å². The highest BCUT2D eigenvalue weighted by Crippen LogP contribution is 2.53. The van der Waals surface area contributed by atoms with Crippen molar-refractivity contribution in [2.45, 2.75) is 55.3 Å². The van der Waals surface area contributed by atoms with Crippen molar-refractivity contribution < 1.29 is 45.2 Å². The Morgan fingerprint density at radius 1 is 0.826 bits per heavy atom. The molecular weight excluding hydrogens is 312 g/mol. The number of fused-ring (bicyclic) bond motifs is 2. The quantitative estimate of drug-likeness (QED) is 0.272. The van der Waals surface area contributed by atoms with Crippen molar-refractivity contribution in [1.82, 2.24) is 0 Å². The SMILES string of the molecule is OCC1OC(C23COC(C2)C(O)C(O)C3CO)C(O)C(O)C1O. The first-order valence-corrected chi connectivity index (χ1v) is 7.76. The van der Waals surface area contributed by atoms with Crippen molar-refractivity contribution in [3.8, 4) is 0 Å². The molecular formula is C14H24O9. The first-order chi connectivity index (χ1) is 10.9. The number of aliphatic hydroxyl groups is 7. The first-order valence-electron chi connectivity index (χ1n) is 7.76. The minimum atomic E-state index is -1.54. The number of hydrogen-bond donors (Lipinski definition) is 7. The standard InChI is InChI=1S/C14H24O9/c15-2-5-8(17)9(18)6-1-14(5,4-22-6)13-12(21)11(20)10(19)7(3-16)23-13/h5-13,15-21H,1-4H2. The summed E-state index contributed by atoms with van der Waals surface area (Å²) < 4.78 is 11.1. The molecule has 2 heterocycles. The second-order valence-electron chi connectivity index (χ2n) is 6.81. The van der Waals surface area contributed by atoms with Crippen molar-refractivity contribution in [3.05, 3.63) is 0 Å². The normalized spacial score (nSPS) is 56.7. The zero-order chi connectivity index (χ0) is 16.9. The van der Waals surface area contributed by atoms with Crippen LogP contribution in [0.5, 0.6) is 0 Å². The van der Waals surface area contributed by atoms with E-state index in [1.807, 2.05) is 0 Å². The van der Waals surface area contributed by atoms with Crippen LogP contribution in [0.1, 0.15) is 6.42 Å². The summed E-state index contributed by atoms with van der Waals surface area (Å²) in [5.41, 5.74) is -1.04. The molecule has 2 saturated heterocycles.